The van der Waals surface area contributed by atoms with Gasteiger partial charge in [0, 0.05) is 25.9 Å². The van der Waals surface area contributed by atoms with Crippen molar-refractivity contribution < 1.29 is 19.1 Å². The lowest BCUT2D eigenvalue weighted by Gasteiger charge is -2.33. The number of benzene rings is 1. The van der Waals surface area contributed by atoms with Gasteiger partial charge in [0.2, 0.25) is 5.91 Å². The molecule has 1 atom stereocenters. The van der Waals surface area contributed by atoms with Crippen LogP contribution in [0.25, 0.3) is 0 Å². The van der Waals surface area contributed by atoms with E-state index in [1.807, 2.05) is 18.2 Å². The first-order valence-corrected chi connectivity index (χ1v) is 7.19. The Bertz CT molecular complexity index is 474. The predicted octanol–water partition coefficient (Wildman–Crippen LogP) is 1.41. The third-order valence-electron chi connectivity index (χ3n) is 3.57. The molecule has 2 rings (SSSR count). The summed E-state index contributed by atoms with van der Waals surface area (Å²) in [7, 11) is 1.33. The first kappa shape index (κ1) is 15.5. The molecule has 1 heterocycles. The maximum atomic E-state index is 12.1. The van der Waals surface area contributed by atoms with Crippen LogP contribution in [0.5, 0.6) is 0 Å². The zero-order chi connectivity index (χ0) is 15.1. The Morgan fingerprint density at radius 2 is 2.05 bits per heavy atom. The van der Waals surface area contributed by atoms with E-state index in [-0.39, 0.29) is 30.8 Å². The summed E-state index contributed by atoms with van der Waals surface area (Å²) in [6, 6.07) is 10.1. The van der Waals surface area contributed by atoms with Gasteiger partial charge in [-0.3, -0.25) is 9.59 Å². The second-order valence-electron chi connectivity index (χ2n) is 5.10. The third kappa shape index (κ3) is 4.86. The SMILES string of the molecule is COC(=O)CCC(=O)N1CCO[C@H](Cc2ccccc2)C1. The van der Waals surface area contributed by atoms with Gasteiger partial charge in [-0.15, -0.1) is 0 Å². The van der Waals surface area contributed by atoms with Crippen molar-refractivity contribution in [1.82, 2.24) is 4.90 Å². The lowest BCUT2D eigenvalue weighted by molar-refractivity contribution is -0.145. The maximum Gasteiger partial charge on any atom is 0.306 e. The second-order valence-corrected chi connectivity index (χ2v) is 5.10. The lowest BCUT2D eigenvalue weighted by Crippen LogP contribution is -2.46. The van der Waals surface area contributed by atoms with E-state index in [1.165, 1.54) is 12.7 Å². The summed E-state index contributed by atoms with van der Waals surface area (Å²) in [6.45, 7) is 1.71. The van der Waals surface area contributed by atoms with Gasteiger partial charge in [0.05, 0.1) is 26.2 Å². The second kappa shape index (κ2) is 7.78. The number of methoxy groups -OCH3 is 1. The smallest absolute Gasteiger partial charge is 0.306 e. The van der Waals surface area contributed by atoms with Gasteiger partial charge in [-0.05, 0) is 5.56 Å². The van der Waals surface area contributed by atoms with Crippen molar-refractivity contribution in [3.63, 3.8) is 0 Å². The first-order chi connectivity index (χ1) is 10.2. The van der Waals surface area contributed by atoms with Crippen LogP contribution < -0.4 is 0 Å². The van der Waals surface area contributed by atoms with Crippen molar-refractivity contribution in [3.8, 4) is 0 Å². The van der Waals surface area contributed by atoms with Crippen LogP contribution in [0, 0.1) is 0 Å². The Balaban J connectivity index is 1.82. The van der Waals surface area contributed by atoms with Crippen LogP contribution in [0.2, 0.25) is 0 Å². The van der Waals surface area contributed by atoms with Crippen molar-refractivity contribution in [2.75, 3.05) is 26.8 Å². The van der Waals surface area contributed by atoms with Gasteiger partial charge >= 0.3 is 5.97 Å². The predicted molar refractivity (Wildman–Crippen MR) is 77.7 cm³/mol. The summed E-state index contributed by atoms with van der Waals surface area (Å²) in [5, 5.41) is 0. The van der Waals surface area contributed by atoms with Gasteiger partial charge < -0.3 is 14.4 Å². The highest BCUT2D eigenvalue weighted by molar-refractivity contribution is 5.81. The number of esters is 1. The van der Waals surface area contributed by atoms with Gasteiger partial charge in [-0.2, -0.15) is 0 Å². The van der Waals surface area contributed by atoms with Crippen LogP contribution in [0.4, 0.5) is 0 Å². The van der Waals surface area contributed by atoms with E-state index >= 15 is 0 Å². The maximum absolute atomic E-state index is 12.1. The monoisotopic (exact) mass is 291 g/mol. The molecular formula is C16H21NO4. The van der Waals surface area contributed by atoms with Crippen LogP contribution in [0.1, 0.15) is 18.4 Å². The molecule has 5 heteroatoms. The summed E-state index contributed by atoms with van der Waals surface area (Å²) < 4.78 is 10.3. The molecule has 5 nitrogen and oxygen atoms in total. The number of hydrogen-bond acceptors (Lipinski definition) is 4. The molecular weight excluding hydrogens is 270 g/mol. The van der Waals surface area contributed by atoms with Gasteiger partial charge in [-0.1, -0.05) is 30.3 Å². The van der Waals surface area contributed by atoms with Crippen LogP contribution in [0.3, 0.4) is 0 Å². The van der Waals surface area contributed by atoms with Crippen molar-refractivity contribution >= 4 is 11.9 Å². The normalized spacial score (nSPS) is 18.3. The van der Waals surface area contributed by atoms with E-state index in [1.54, 1.807) is 4.90 Å². The highest BCUT2D eigenvalue weighted by Gasteiger charge is 2.24. The van der Waals surface area contributed by atoms with Crippen molar-refractivity contribution in [2.24, 2.45) is 0 Å². The van der Waals surface area contributed by atoms with Crippen LogP contribution in [-0.2, 0) is 25.5 Å². The summed E-state index contributed by atoms with van der Waals surface area (Å²) in [4.78, 5) is 24.9. The van der Waals surface area contributed by atoms with Crippen molar-refractivity contribution in [3.05, 3.63) is 35.9 Å². The van der Waals surface area contributed by atoms with Gasteiger partial charge in [0.25, 0.3) is 0 Å². The number of morpholine rings is 1. The standard InChI is InChI=1S/C16H21NO4/c1-20-16(19)8-7-15(18)17-9-10-21-14(12-17)11-13-5-3-2-4-6-13/h2-6,14H,7-12H2,1H3/t14-/m1/s1. The molecule has 0 aromatic heterocycles. The fraction of sp³-hybridized carbons (Fsp3) is 0.500. The number of carbonyl (C=O) groups excluding carboxylic acids is 2. The van der Waals surface area contributed by atoms with E-state index < -0.39 is 0 Å². The highest BCUT2D eigenvalue weighted by Crippen LogP contribution is 2.13. The molecule has 114 valence electrons. The molecule has 1 aliphatic heterocycles. The molecule has 0 spiro atoms. The molecule has 0 saturated carbocycles. The third-order valence-corrected chi connectivity index (χ3v) is 3.57. The minimum atomic E-state index is -0.350. The zero-order valence-electron chi connectivity index (χ0n) is 12.3. The summed E-state index contributed by atoms with van der Waals surface area (Å²) in [6.07, 6.45) is 1.14. The zero-order valence-corrected chi connectivity index (χ0v) is 12.3. The lowest BCUT2D eigenvalue weighted by atomic mass is 10.1. The fourth-order valence-corrected chi connectivity index (χ4v) is 2.42. The number of ether oxygens (including phenoxy) is 2. The van der Waals surface area contributed by atoms with E-state index in [4.69, 9.17) is 4.74 Å². The number of rotatable bonds is 5. The molecule has 1 fully saturated rings. The summed E-state index contributed by atoms with van der Waals surface area (Å²) in [5.74, 6) is -0.362. The average molecular weight is 291 g/mol. The molecule has 21 heavy (non-hydrogen) atoms. The largest absolute Gasteiger partial charge is 0.469 e. The summed E-state index contributed by atoms with van der Waals surface area (Å²) in [5.41, 5.74) is 1.20. The van der Waals surface area contributed by atoms with Crippen LogP contribution in [0.15, 0.2) is 30.3 Å². The molecule has 1 aromatic carbocycles. The minimum Gasteiger partial charge on any atom is -0.469 e. The number of amides is 1. The molecule has 1 amide bonds. The molecule has 0 unspecified atom stereocenters. The van der Waals surface area contributed by atoms with Crippen LogP contribution in [-0.4, -0.2) is 49.7 Å². The average Bonchev–Trinajstić information content (AvgIpc) is 2.53. The number of nitrogens with zero attached hydrogens (tertiary/aromatic N) is 1. The topological polar surface area (TPSA) is 55.8 Å². The Labute approximate surface area is 124 Å². The Kier molecular flexibility index (Phi) is 5.75. The Morgan fingerprint density at radius 1 is 1.29 bits per heavy atom. The fourth-order valence-electron chi connectivity index (χ4n) is 2.42. The van der Waals surface area contributed by atoms with E-state index in [0.717, 1.165) is 6.42 Å². The summed E-state index contributed by atoms with van der Waals surface area (Å²) >= 11 is 0. The van der Waals surface area contributed by atoms with Gasteiger partial charge in [0.15, 0.2) is 0 Å². The van der Waals surface area contributed by atoms with E-state index in [2.05, 4.69) is 16.9 Å². The highest BCUT2D eigenvalue weighted by atomic mass is 16.5. The molecule has 1 saturated heterocycles. The number of carbonyl (C=O) groups is 2. The van der Waals surface area contributed by atoms with Gasteiger partial charge in [0.1, 0.15) is 0 Å². The minimum absolute atomic E-state index is 0.0123. The quantitative estimate of drug-likeness (QED) is 0.770. The van der Waals surface area contributed by atoms with E-state index in [0.29, 0.717) is 19.7 Å². The van der Waals surface area contributed by atoms with Crippen LogP contribution >= 0.6 is 0 Å². The number of hydrogen-bond donors (Lipinski definition) is 0. The molecule has 1 aromatic rings. The molecule has 0 radical (unpaired) electrons. The van der Waals surface area contributed by atoms with E-state index in [9.17, 15) is 9.59 Å². The molecule has 0 N–H and O–H groups in total. The molecule has 0 aliphatic carbocycles. The Hall–Kier alpha value is -1.88. The first-order valence-electron chi connectivity index (χ1n) is 7.19. The van der Waals surface area contributed by atoms with Gasteiger partial charge in [-0.25, -0.2) is 0 Å². The van der Waals surface area contributed by atoms with Crippen molar-refractivity contribution in [2.45, 2.75) is 25.4 Å². The molecule has 1 aliphatic rings. The molecule has 0 bridgehead atoms. The van der Waals surface area contributed by atoms with Crippen molar-refractivity contribution in [1.29, 1.82) is 0 Å². The Morgan fingerprint density at radius 3 is 2.76 bits per heavy atom.